The van der Waals surface area contributed by atoms with E-state index in [1.807, 2.05) is 18.2 Å². The van der Waals surface area contributed by atoms with Gasteiger partial charge in [0.2, 0.25) is 0 Å². The van der Waals surface area contributed by atoms with E-state index in [4.69, 9.17) is 16.3 Å². The highest BCUT2D eigenvalue weighted by Gasteiger charge is 2.01. The Bertz CT molecular complexity index is 319. The number of anilines is 1. The number of hydrogen-bond acceptors (Lipinski definition) is 2. The fourth-order valence-corrected chi connectivity index (χ4v) is 1.47. The summed E-state index contributed by atoms with van der Waals surface area (Å²) in [5.74, 6) is 0.305. The fraction of sp³-hybridized carbons (Fsp3) is 0.222. The van der Waals surface area contributed by atoms with Crippen LogP contribution in [0.1, 0.15) is 0 Å². The predicted molar refractivity (Wildman–Crippen MR) is 64.8 cm³/mol. The van der Waals surface area contributed by atoms with Crippen LogP contribution in [0.5, 0.6) is 0 Å². The molecule has 0 unspecified atom stereocenters. The first kappa shape index (κ1) is 11.6. The van der Waals surface area contributed by atoms with Crippen molar-refractivity contribution in [1.82, 2.24) is 0 Å². The molecule has 0 aliphatic carbocycles. The van der Waals surface area contributed by atoms with Gasteiger partial charge >= 0.3 is 6.09 Å². The molecule has 5 heteroatoms. The van der Waals surface area contributed by atoms with Gasteiger partial charge in [-0.2, -0.15) is 0 Å². The number of halogens is 2. The highest BCUT2D eigenvalue weighted by atomic mass is 127. The van der Waals surface area contributed by atoms with Gasteiger partial charge in [0, 0.05) is 9.26 Å². The van der Waals surface area contributed by atoms with E-state index in [0.717, 1.165) is 9.26 Å². The molecule has 1 N–H and O–H groups in total. The predicted octanol–water partition coefficient (Wildman–Crippen LogP) is 3.08. The summed E-state index contributed by atoms with van der Waals surface area (Å²) < 4.78 is 5.80. The van der Waals surface area contributed by atoms with Crippen LogP contribution in [0.15, 0.2) is 24.3 Å². The summed E-state index contributed by atoms with van der Waals surface area (Å²) in [6.07, 6.45) is -0.479. The molecule has 0 aliphatic heterocycles. The molecule has 1 amide bonds. The summed E-state index contributed by atoms with van der Waals surface area (Å²) in [7, 11) is 0. The van der Waals surface area contributed by atoms with Crippen molar-refractivity contribution in [1.29, 1.82) is 0 Å². The topological polar surface area (TPSA) is 38.3 Å². The number of amides is 1. The van der Waals surface area contributed by atoms with Crippen molar-refractivity contribution in [2.75, 3.05) is 17.8 Å². The minimum atomic E-state index is -0.479. The third-order valence-electron chi connectivity index (χ3n) is 1.38. The first-order valence-electron chi connectivity index (χ1n) is 3.97. The van der Waals surface area contributed by atoms with Crippen molar-refractivity contribution in [2.24, 2.45) is 0 Å². The van der Waals surface area contributed by atoms with Gasteiger partial charge in [0.25, 0.3) is 0 Å². The molecule has 14 heavy (non-hydrogen) atoms. The number of carbonyl (C=O) groups excluding carboxylic acids is 1. The summed E-state index contributed by atoms with van der Waals surface area (Å²) in [6.45, 7) is 0.220. The second kappa shape index (κ2) is 6.08. The van der Waals surface area contributed by atoms with Gasteiger partial charge in [0.1, 0.15) is 6.61 Å². The molecule has 1 aromatic carbocycles. The maximum Gasteiger partial charge on any atom is 0.411 e. The third-order valence-corrected chi connectivity index (χ3v) is 2.21. The molecule has 0 saturated carbocycles. The number of hydrogen-bond donors (Lipinski definition) is 1. The molecule has 0 radical (unpaired) electrons. The Morgan fingerprint density at radius 3 is 3.00 bits per heavy atom. The van der Waals surface area contributed by atoms with Gasteiger partial charge < -0.3 is 4.74 Å². The van der Waals surface area contributed by atoms with E-state index in [0.29, 0.717) is 5.88 Å². The quantitative estimate of drug-likeness (QED) is 0.685. The molecule has 3 nitrogen and oxygen atoms in total. The molecule has 0 aromatic heterocycles. The second-order valence-electron chi connectivity index (χ2n) is 2.46. The standard InChI is InChI=1S/C9H9ClINO2/c10-4-5-14-9(13)12-8-3-1-2-7(11)6-8/h1-3,6H,4-5H2,(H,12,13). The summed E-state index contributed by atoms with van der Waals surface area (Å²) >= 11 is 7.54. The fourth-order valence-electron chi connectivity index (χ4n) is 0.851. The zero-order valence-corrected chi connectivity index (χ0v) is 10.2. The lowest BCUT2D eigenvalue weighted by molar-refractivity contribution is 0.168. The van der Waals surface area contributed by atoms with Gasteiger partial charge in [-0.3, -0.25) is 5.32 Å². The summed E-state index contributed by atoms with van der Waals surface area (Å²) in [5.41, 5.74) is 0.719. The van der Waals surface area contributed by atoms with Crippen LogP contribution in [0, 0.1) is 3.57 Å². The molecule has 0 spiro atoms. The van der Waals surface area contributed by atoms with Crippen LogP contribution in [0.2, 0.25) is 0 Å². The lowest BCUT2D eigenvalue weighted by Crippen LogP contribution is -2.14. The summed E-state index contributed by atoms with van der Waals surface area (Å²) in [4.78, 5) is 11.1. The number of alkyl halides is 1. The summed E-state index contributed by atoms with van der Waals surface area (Å²) in [5, 5.41) is 2.59. The van der Waals surface area contributed by atoms with E-state index >= 15 is 0 Å². The van der Waals surface area contributed by atoms with Crippen LogP contribution in [-0.2, 0) is 4.74 Å². The Hall–Kier alpha value is -0.490. The van der Waals surface area contributed by atoms with Crippen LogP contribution < -0.4 is 5.32 Å². The van der Waals surface area contributed by atoms with Gasteiger partial charge in [-0.05, 0) is 40.8 Å². The minimum absolute atomic E-state index is 0.220. The van der Waals surface area contributed by atoms with Gasteiger partial charge in [-0.25, -0.2) is 4.79 Å². The molecular formula is C9H9ClINO2. The van der Waals surface area contributed by atoms with E-state index in [2.05, 4.69) is 27.9 Å². The Kier molecular flexibility index (Phi) is 5.03. The molecule has 1 aromatic rings. The van der Waals surface area contributed by atoms with Crippen molar-refractivity contribution < 1.29 is 9.53 Å². The smallest absolute Gasteiger partial charge is 0.411 e. The molecule has 0 heterocycles. The Balaban J connectivity index is 2.47. The average Bonchev–Trinajstić information content (AvgIpc) is 2.15. The lowest BCUT2D eigenvalue weighted by Gasteiger charge is -2.05. The number of ether oxygens (including phenoxy) is 1. The lowest BCUT2D eigenvalue weighted by atomic mass is 10.3. The largest absolute Gasteiger partial charge is 0.448 e. The van der Waals surface area contributed by atoms with Gasteiger partial charge in [-0.1, -0.05) is 6.07 Å². The second-order valence-corrected chi connectivity index (χ2v) is 4.08. The van der Waals surface area contributed by atoms with Crippen molar-refractivity contribution in [3.63, 3.8) is 0 Å². The molecule has 0 fully saturated rings. The molecule has 0 atom stereocenters. The first-order chi connectivity index (χ1) is 6.72. The number of benzene rings is 1. The monoisotopic (exact) mass is 325 g/mol. The number of carbonyl (C=O) groups is 1. The zero-order valence-electron chi connectivity index (χ0n) is 7.30. The maximum atomic E-state index is 11.1. The normalized spacial score (nSPS) is 9.57. The van der Waals surface area contributed by atoms with Crippen LogP contribution >= 0.6 is 34.2 Å². The third kappa shape index (κ3) is 4.15. The molecule has 0 saturated heterocycles. The van der Waals surface area contributed by atoms with Gasteiger partial charge in [0.15, 0.2) is 0 Å². The zero-order chi connectivity index (χ0) is 10.4. The van der Waals surface area contributed by atoms with E-state index in [9.17, 15) is 4.79 Å². The SMILES string of the molecule is O=C(Nc1cccc(I)c1)OCCCl. The van der Waals surface area contributed by atoms with E-state index < -0.39 is 6.09 Å². The molecule has 0 aliphatic rings. The van der Waals surface area contributed by atoms with Crippen molar-refractivity contribution in [2.45, 2.75) is 0 Å². The van der Waals surface area contributed by atoms with Crippen LogP contribution in [0.4, 0.5) is 10.5 Å². The van der Waals surface area contributed by atoms with Crippen LogP contribution in [0.3, 0.4) is 0 Å². The number of nitrogens with one attached hydrogen (secondary N) is 1. The van der Waals surface area contributed by atoms with E-state index in [1.54, 1.807) is 6.07 Å². The van der Waals surface area contributed by atoms with E-state index in [-0.39, 0.29) is 6.61 Å². The Labute approximate surface area is 101 Å². The van der Waals surface area contributed by atoms with Crippen molar-refractivity contribution in [3.05, 3.63) is 27.8 Å². The minimum Gasteiger partial charge on any atom is -0.448 e. The van der Waals surface area contributed by atoms with E-state index in [1.165, 1.54) is 0 Å². The van der Waals surface area contributed by atoms with Crippen LogP contribution in [0.25, 0.3) is 0 Å². The van der Waals surface area contributed by atoms with Crippen molar-refractivity contribution >= 4 is 46.0 Å². The van der Waals surface area contributed by atoms with Gasteiger partial charge in [0.05, 0.1) is 5.88 Å². The van der Waals surface area contributed by atoms with Crippen molar-refractivity contribution in [3.8, 4) is 0 Å². The first-order valence-corrected chi connectivity index (χ1v) is 5.59. The average molecular weight is 326 g/mol. The molecule has 1 rings (SSSR count). The highest BCUT2D eigenvalue weighted by Crippen LogP contribution is 2.12. The number of rotatable bonds is 3. The molecule has 0 bridgehead atoms. The Morgan fingerprint density at radius 2 is 2.36 bits per heavy atom. The summed E-state index contributed by atoms with van der Waals surface area (Å²) in [6, 6.07) is 7.45. The Morgan fingerprint density at radius 1 is 1.57 bits per heavy atom. The maximum absolute atomic E-state index is 11.1. The highest BCUT2D eigenvalue weighted by molar-refractivity contribution is 14.1. The van der Waals surface area contributed by atoms with Crippen LogP contribution in [-0.4, -0.2) is 18.6 Å². The molecule has 76 valence electrons. The molecular weight excluding hydrogens is 316 g/mol. The van der Waals surface area contributed by atoms with Gasteiger partial charge in [-0.15, -0.1) is 11.6 Å².